The lowest BCUT2D eigenvalue weighted by Gasteiger charge is -2.18. The van der Waals surface area contributed by atoms with Gasteiger partial charge in [-0.3, -0.25) is 14.2 Å². The SMILES string of the molecule is CC(C)c1c(NS(=O)(=O)C2=Cc3ccccc3CC2)c(=O)n(-c2ccccc2)n1C. The Bertz CT molecular complexity index is 1280. The van der Waals surface area contributed by atoms with Gasteiger partial charge in [-0.2, -0.15) is 0 Å². The molecule has 1 aliphatic rings. The van der Waals surface area contributed by atoms with Gasteiger partial charge in [0.05, 0.1) is 16.3 Å². The monoisotopic (exact) mass is 423 g/mol. The van der Waals surface area contributed by atoms with E-state index in [1.165, 1.54) is 4.68 Å². The summed E-state index contributed by atoms with van der Waals surface area (Å²) < 4.78 is 32.3. The zero-order valence-electron chi connectivity index (χ0n) is 17.3. The molecule has 0 saturated carbocycles. The standard InChI is InChI=1S/C23H25N3O3S/c1-16(2)22-21(23(27)26(25(22)3)19-11-5-4-6-12-19)24-30(28,29)20-14-13-17-9-7-8-10-18(17)15-20/h4-12,15-16,24H,13-14H2,1-3H3. The lowest BCUT2D eigenvalue weighted by Crippen LogP contribution is -2.24. The Kier molecular flexibility index (Phi) is 5.15. The van der Waals surface area contributed by atoms with E-state index in [2.05, 4.69) is 4.72 Å². The van der Waals surface area contributed by atoms with Gasteiger partial charge in [0.25, 0.3) is 15.6 Å². The van der Waals surface area contributed by atoms with Crippen molar-refractivity contribution in [2.75, 3.05) is 4.72 Å². The van der Waals surface area contributed by atoms with Crippen LogP contribution in [0.5, 0.6) is 0 Å². The molecule has 0 bridgehead atoms. The highest BCUT2D eigenvalue weighted by molar-refractivity contribution is 7.96. The predicted octanol–water partition coefficient (Wildman–Crippen LogP) is 4.03. The summed E-state index contributed by atoms with van der Waals surface area (Å²) in [6.07, 6.45) is 2.76. The molecule has 0 unspecified atom stereocenters. The average molecular weight is 424 g/mol. The molecule has 30 heavy (non-hydrogen) atoms. The van der Waals surface area contributed by atoms with Crippen LogP contribution in [-0.4, -0.2) is 17.8 Å². The Hall–Kier alpha value is -3.06. The highest BCUT2D eigenvalue weighted by atomic mass is 32.2. The quantitative estimate of drug-likeness (QED) is 0.673. The lowest BCUT2D eigenvalue weighted by atomic mass is 9.98. The second-order valence-electron chi connectivity index (χ2n) is 7.81. The number of sulfonamides is 1. The third-order valence-corrected chi connectivity index (χ3v) is 6.94. The zero-order valence-corrected chi connectivity index (χ0v) is 18.1. The Labute approximate surface area is 176 Å². The topological polar surface area (TPSA) is 73.1 Å². The lowest BCUT2D eigenvalue weighted by molar-refractivity contribution is 0.595. The van der Waals surface area contributed by atoms with Gasteiger partial charge in [0.1, 0.15) is 5.69 Å². The summed E-state index contributed by atoms with van der Waals surface area (Å²) in [7, 11) is -2.08. The van der Waals surface area contributed by atoms with Crippen LogP contribution in [0.2, 0.25) is 0 Å². The average Bonchev–Trinajstić information content (AvgIpc) is 2.97. The number of nitrogens with one attached hydrogen (secondary N) is 1. The summed E-state index contributed by atoms with van der Waals surface area (Å²) >= 11 is 0. The molecule has 0 saturated heterocycles. The van der Waals surface area contributed by atoms with Crippen molar-refractivity contribution in [3.63, 3.8) is 0 Å². The number of fused-ring (bicyclic) bond motifs is 1. The van der Waals surface area contributed by atoms with E-state index >= 15 is 0 Å². The molecule has 0 atom stereocenters. The molecule has 156 valence electrons. The molecule has 1 heterocycles. The van der Waals surface area contributed by atoms with E-state index in [0.29, 0.717) is 29.1 Å². The van der Waals surface area contributed by atoms with E-state index in [1.807, 2.05) is 68.4 Å². The maximum atomic E-state index is 13.3. The van der Waals surface area contributed by atoms with Gasteiger partial charge in [0.2, 0.25) is 0 Å². The van der Waals surface area contributed by atoms with Crippen LogP contribution in [0.15, 0.2) is 64.3 Å². The normalized spacial score (nSPS) is 13.8. The first-order chi connectivity index (χ1) is 14.3. The third kappa shape index (κ3) is 3.50. The zero-order chi connectivity index (χ0) is 21.5. The minimum absolute atomic E-state index is 0.0496. The molecule has 0 fully saturated rings. The van der Waals surface area contributed by atoms with Gasteiger partial charge < -0.3 is 0 Å². The Morgan fingerprint density at radius 3 is 2.33 bits per heavy atom. The number of para-hydroxylation sites is 1. The summed E-state index contributed by atoms with van der Waals surface area (Å²) in [6, 6.07) is 17.0. The largest absolute Gasteiger partial charge is 0.296 e. The number of aryl methyl sites for hydroxylation is 1. The Morgan fingerprint density at radius 1 is 0.967 bits per heavy atom. The summed E-state index contributed by atoms with van der Waals surface area (Å²) in [5.41, 5.74) is 3.09. The van der Waals surface area contributed by atoms with Gasteiger partial charge in [-0.15, -0.1) is 0 Å². The van der Waals surface area contributed by atoms with Crippen LogP contribution in [0.1, 0.15) is 43.0 Å². The number of aromatic nitrogens is 2. The molecule has 1 aliphatic carbocycles. The van der Waals surface area contributed by atoms with Crippen molar-refractivity contribution < 1.29 is 8.42 Å². The van der Waals surface area contributed by atoms with E-state index in [4.69, 9.17) is 0 Å². The molecule has 0 aliphatic heterocycles. The van der Waals surface area contributed by atoms with E-state index in [9.17, 15) is 13.2 Å². The summed E-state index contributed by atoms with van der Waals surface area (Å²) in [6.45, 7) is 3.88. The molecule has 1 aromatic heterocycles. The van der Waals surface area contributed by atoms with Crippen LogP contribution in [0.3, 0.4) is 0 Å². The number of anilines is 1. The second kappa shape index (κ2) is 7.65. The maximum absolute atomic E-state index is 13.3. The van der Waals surface area contributed by atoms with Crippen molar-refractivity contribution in [2.24, 2.45) is 7.05 Å². The molecule has 4 rings (SSSR count). The fourth-order valence-corrected chi connectivity index (χ4v) is 5.30. The first-order valence-corrected chi connectivity index (χ1v) is 11.5. The molecule has 2 aromatic carbocycles. The van der Waals surface area contributed by atoms with Crippen molar-refractivity contribution in [3.05, 3.63) is 86.7 Å². The van der Waals surface area contributed by atoms with Crippen molar-refractivity contribution in [1.82, 2.24) is 9.36 Å². The fraction of sp³-hybridized carbons (Fsp3) is 0.261. The summed E-state index contributed by atoms with van der Waals surface area (Å²) in [5.74, 6) is -0.0496. The molecule has 7 heteroatoms. The van der Waals surface area contributed by atoms with E-state index in [1.54, 1.807) is 17.8 Å². The van der Waals surface area contributed by atoms with Crippen molar-refractivity contribution in [2.45, 2.75) is 32.6 Å². The second-order valence-corrected chi connectivity index (χ2v) is 9.54. The van der Waals surface area contributed by atoms with Crippen LogP contribution in [0.4, 0.5) is 5.69 Å². The minimum Gasteiger partial charge on any atom is -0.283 e. The van der Waals surface area contributed by atoms with Gasteiger partial charge in [0, 0.05) is 7.05 Å². The molecule has 6 nitrogen and oxygen atoms in total. The summed E-state index contributed by atoms with van der Waals surface area (Å²) in [4.78, 5) is 13.6. The van der Waals surface area contributed by atoms with Gasteiger partial charge in [-0.25, -0.2) is 13.1 Å². The van der Waals surface area contributed by atoms with E-state index in [-0.39, 0.29) is 17.2 Å². The van der Waals surface area contributed by atoms with Crippen LogP contribution >= 0.6 is 0 Å². The van der Waals surface area contributed by atoms with Gasteiger partial charge in [-0.1, -0.05) is 56.3 Å². The van der Waals surface area contributed by atoms with Crippen LogP contribution in [0.25, 0.3) is 11.8 Å². The minimum atomic E-state index is -3.86. The predicted molar refractivity (Wildman–Crippen MR) is 120 cm³/mol. The Balaban J connectivity index is 1.80. The molecule has 3 aromatic rings. The number of allylic oxidation sites excluding steroid dienone is 1. The highest BCUT2D eigenvalue weighted by Crippen LogP contribution is 2.30. The third-order valence-electron chi connectivity index (χ3n) is 5.45. The number of rotatable bonds is 5. The highest BCUT2D eigenvalue weighted by Gasteiger charge is 2.28. The molecule has 0 spiro atoms. The molecule has 0 radical (unpaired) electrons. The molecule has 1 N–H and O–H groups in total. The summed E-state index contributed by atoms with van der Waals surface area (Å²) in [5, 5.41) is 0. The smallest absolute Gasteiger partial charge is 0.283 e. The molecular weight excluding hydrogens is 398 g/mol. The van der Waals surface area contributed by atoms with Crippen molar-refractivity contribution >= 4 is 21.8 Å². The first-order valence-electron chi connectivity index (χ1n) is 9.98. The van der Waals surface area contributed by atoms with Crippen molar-refractivity contribution in [3.8, 4) is 5.69 Å². The van der Waals surface area contributed by atoms with Crippen LogP contribution in [-0.2, 0) is 23.5 Å². The van der Waals surface area contributed by atoms with Gasteiger partial charge in [-0.05, 0) is 48.1 Å². The van der Waals surface area contributed by atoms with Crippen LogP contribution in [0, 0.1) is 0 Å². The number of benzene rings is 2. The number of nitrogens with zero attached hydrogens (tertiary/aromatic N) is 2. The number of hydrogen-bond donors (Lipinski definition) is 1. The van der Waals surface area contributed by atoms with E-state index in [0.717, 1.165) is 11.1 Å². The molecule has 0 amide bonds. The maximum Gasteiger partial charge on any atom is 0.296 e. The van der Waals surface area contributed by atoms with Gasteiger partial charge >= 0.3 is 0 Å². The first kappa shape index (κ1) is 20.2. The Morgan fingerprint density at radius 2 is 1.63 bits per heavy atom. The fourth-order valence-electron chi connectivity index (χ4n) is 4.06. The number of hydrogen-bond acceptors (Lipinski definition) is 3. The van der Waals surface area contributed by atoms with Crippen molar-refractivity contribution in [1.29, 1.82) is 0 Å². The molecular formula is C23H25N3O3S. The van der Waals surface area contributed by atoms with E-state index < -0.39 is 10.0 Å². The van der Waals surface area contributed by atoms with Gasteiger partial charge in [0.15, 0.2) is 0 Å². The van der Waals surface area contributed by atoms with Crippen LogP contribution < -0.4 is 10.3 Å².